The summed E-state index contributed by atoms with van der Waals surface area (Å²) in [7, 11) is 3.92. The number of phenolic OH excluding ortho intramolecular Hbond substituents is 1. The first kappa shape index (κ1) is 26.3. The highest BCUT2D eigenvalue weighted by atomic mass is 35.5. The molecule has 0 radical (unpaired) electrons. The second-order valence-corrected chi connectivity index (χ2v) is 10.9. The average Bonchev–Trinajstić information content (AvgIpc) is 3.27. The average molecular weight is 542 g/mol. The minimum Gasteiger partial charge on any atom is -0.508 e. The van der Waals surface area contributed by atoms with Crippen LogP contribution >= 0.6 is 35.2 Å². The zero-order chi connectivity index (χ0) is 25.8. The van der Waals surface area contributed by atoms with E-state index >= 15 is 0 Å². The van der Waals surface area contributed by atoms with Crippen molar-refractivity contribution in [1.29, 1.82) is 0 Å². The maximum atomic E-state index is 12.6. The van der Waals surface area contributed by atoms with E-state index in [1.807, 2.05) is 37.0 Å². The number of halogens is 1. The SMILES string of the molecule is CN(Cc1cc2c(=S)c(CC(=O)NCc3ccc(Cl)cc3)cn(C)c2s1)CC(O)c1ccc(O)cc1. The van der Waals surface area contributed by atoms with Crippen LogP contribution in [0.1, 0.15) is 27.7 Å². The number of carbonyl (C=O) groups excluding carboxylic acids is 1. The zero-order valence-corrected chi connectivity index (χ0v) is 22.5. The first-order chi connectivity index (χ1) is 17.2. The van der Waals surface area contributed by atoms with Gasteiger partial charge in [-0.05, 0) is 54.1 Å². The summed E-state index contributed by atoms with van der Waals surface area (Å²) in [6, 6.07) is 16.1. The minimum atomic E-state index is -0.659. The second-order valence-electron chi connectivity index (χ2n) is 8.91. The van der Waals surface area contributed by atoms with Gasteiger partial charge in [-0.1, -0.05) is 48.1 Å². The number of aliphatic hydroxyl groups excluding tert-OH is 1. The Morgan fingerprint density at radius 2 is 1.89 bits per heavy atom. The Balaban J connectivity index is 1.42. The molecular weight excluding hydrogens is 514 g/mol. The molecule has 0 aliphatic rings. The third-order valence-electron chi connectivity index (χ3n) is 5.91. The zero-order valence-electron chi connectivity index (χ0n) is 20.1. The van der Waals surface area contributed by atoms with E-state index in [1.54, 1.807) is 47.7 Å². The van der Waals surface area contributed by atoms with Crippen LogP contribution in [0.2, 0.25) is 5.02 Å². The molecule has 0 fully saturated rings. The van der Waals surface area contributed by atoms with Crippen LogP contribution in [-0.4, -0.2) is 39.2 Å². The van der Waals surface area contributed by atoms with E-state index in [1.165, 1.54) is 0 Å². The van der Waals surface area contributed by atoms with Crippen LogP contribution in [0.5, 0.6) is 5.75 Å². The normalized spacial score (nSPS) is 12.2. The third-order valence-corrected chi connectivity index (χ3v) is 7.86. The Morgan fingerprint density at radius 3 is 2.58 bits per heavy atom. The van der Waals surface area contributed by atoms with Gasteiger partial charge in [0.2, 0.25) is 5.91 Å². The lowest BCUT2D eigenvalue weighted by Gasteiger charge is -2.20. The van der Waals surface area contributed by atoms with Gasteiger partial charge in [0.15, 0.2) is 0 Å². The number of nitrogens with one attached hydrogen (secondary N) is 1. The molecule has 1 unspecified atom stereocenters. The van der Waals surface area contributed by atoms with Gasteiger partial charge in [-0.2, -0.15) is 0 Å². The number of rotatable bonds is 9. The molecule has 4 aromatic rings. The van der Waals surface area contributed by atoms with Gasteiger partial charge in [-0.15, -0.1) is 11.3 Å². The van der Waals surface area contributed by atoms with Gasteiger partial charge in [0.25, 0.3) is 0 Å². The summed E-state index contributed by atoms with van der Waals surface area (Å²) >= 11 is 13.3. The van der Waals surface area contributed by atoms with Crippen molar-refractivity contribution in [1.82, 2.24) is 14.8 Å². The number of hydrogen-bond acceptors (Lipinski definition) is 6. The Bertz CT molecular complexity index is 1420. The number of aromatic hydroxyl groups is 1. The van der Waals surface area contributed by atoms with Crippen molar-refractivity contribution in [2.24, 2.45) is 7.05 Å². The molecule has 1 atom stereocenters. The Labute approximate surface area is 224 Å². The van der Waals surface area contributed by atoms with Crippen LogP contribution in [-0.2, 0) is 31.4 Å². The second kappa shape index (κ2) is 11.5. The molecule has 0 aliphatic carbocycles. The Morgan fingerprint density at radius 1 is 1.19 bits per heavy atom. The molecule has 4 rings (SSSR count). The largest absolute Gasteiger partial charge is 0.508 e. The van der Waals surface area contributed by atoms with Crippen LogP contribution in [0.3, 0.4) is 0 Å². The molecule has 2 aromatic carbocycles. The van der Waals surface area contributed by atoms with E-state index < -0.39 is 6.10 Å². The summed E-state index contributed by atoms with van der Waals surface area (Å²) in [6.45, 7) is 1.53. The predicted molar refractivity (Wildman–Crippen MR) is 148 cm³/mol. The summed E-state index contributed by atoms with van der Waals surface area (Å²) in [5, 5.41) is 24.6. The topological polar surface area (TPSA) is 77.7 Å². The molecule has 36 heavy (non-hydrogen) atoms. The number of aliphatic hydroxyl groups is 1. The highest BCUT2D eigenvalue weighted by Crippen LogP contribution is 2.29. The van der Waals surface area contributed by atoms with Crippen LogP contribution < -0.4 is 5.32 Å². The van der Waals surface area contributed by atoms with E-state index in [2.05, 4.69) is 16.3 Å². The number of thiophene rings is 1. The first-order valence-electron chi connectivity index (χ1n) is 11.5. The maximum Gasteiger partial charge on any atom is 0.224 e. The summed E-state index contributed by atoms with van der Waals surface area (Å²) in [6.07, 6.45) is 1.49. The molecule has 6 nitrogen and oxygen atoms in total. The molecule has 2 aromatic heterocycles. The number of amides is 1. The molecular formula is C27H28ClN3O3S2. The molecule has 3 N–H and O–H groups in total. The summed E-state index contributed by atoms with van der Waals surface area (Å²) in [5.41, 5.74) is 2.55. The monoisotopic (exact) mass is 541 g/mol. The summed E-state index contributed by atoms with van der Waals surface area (Å²) in [4.78, 5) is 16.8. The van der Waals surface area contributed by atoms with Crippen LogP contribution in [0.4, 0.5) is 0 Å². The standard InChI is InChI=1S/C27H28ClN3O3S2/c1-30(16-24(33)18-5-9-21(32)10-6-18)15-22-12-23-26(35)19(14-31(2)27(23)36-22)11-25(34)29-13-17-3-7-20(28)8-4-17/h3-10,12,14,24,32-33H,11,13,15-16H2,1-2H3,(H,29,34). The molecule has 1 amide bonds. The molecule has 2 heterocycles. The van der Waals surface area contributed by atoms with E-state index in [-0.39, 0.29) is 18.1 Å². The highest BCUT2D eigenvalue weighted by Gasteiger charge is 2.15. The number of carbonyl (C=O) groups is 1. The van der Waals surface area contributed by atoms with Gasteiger partial charge >= 0.3 is 0 Å². The molecule has 0 saturated heterocycles. The summed E-state index contributed by atoms with van der Waals surface area (Å²) < 4.78 is 2.71. The third kappa shape index (κ3) is 6.52. The number of aryl methyl sites for hydroxylation is 1. The number of phenols is 1. The van der Waals surface area contributed by atoms with Gasteiger partial charge in [0.05, 0.1) is 17.0 Å². The first-order valence-corrected chi connectivity index (χ1v) is 13.1. The maximum absolute atomic E-state index is 12.6. The van der Waals surface area contributed by atoms with Crippen molar-refractivity contribution in [3.05, 3.63) is 91.9 Å². The van der Waals surface area contributed by atoms with Gasteiger partial charge in [0, 0.05) is 48.2 Å². The lowest BCUT2D eigenvalue weighted by Crippen LogP contribution is -2.24. The Hall–Kier alpha value is -2.75. The molecule has 0 bridgehead atoms. The fraction of sp³-hybridized carbons (Fsp3) is 0.259. The number of fused-ring (bicyclic) bond motifs is 1. The number of hydrogen-bond donors (Lipinski definition) is 3. The van der Waals surface area contributed by atoms with Crippen molar-refractivity contribution in [2.45, 2.75) is 25.6 Å². The molecule has 0 saturated carbocycles. The molecule has 0 aliphatic heterocycles. The predicted octanol–water partition coefficient (Wildman–Crippen LogP) is 5.35. The quantitative estimate of drug-likeness (QED) is 0.249. The van der Waals surface area contributed by atoms with E-state index in [9.17, 15) is 15.0 Å². The highest BCUT2D eigenvalue weighted by molar-refractivity contribution is 7.71. The van der Waals surface area contributed by atoms with Crippen molar-refractivity contribution in [3.8, 4) is 5.75 Å². The van der Waals surface area contributed by atoms with E-state index in [0.717, 1.165) is 31.8 Å². The van der Waals surface area contributed by atoms with Crippen LogP contribution in [0, 0.1) is 4.51 Å². The molecule has 188 valence electrons. The molecule has 0 spiro atoms. The number of pyridine rings is 1. The van der Waals surface area contributed by atoms with Crippen molar-refractivity contribution < 1.29 is 15.0 Å². The van der Waals surface area contributed by atoms with Crippen molar-refractivity contribution in [3.63, 3.8) is 0 Å². The van der Waals surface area contributed by atoms with Gasteiger partial charge in [-0.3, -0.25) is 9.69 Å². The fourth-order valence-electron chi connectivity index (χ4n) is 4.05. The lowest BCUT2D eigenvalue weighted by atomic mass is 10.1. The number of likely N-dealkylation sites (N-methyl/N-ethyl adjacent to an activating group) is 1. The van der Waals surface area contributed by atoms with Gasteiger partial charge in [-0.25, -0.2) is 0 Å². The van der Waals surface area contributed by atoms with Crippen LogP contribution in [0.15, 0.2) is 60.8 Å². The number of benzene rings is 2. The molecule has 9 heteroatoms. The Kier molecular flexibility index (Phi) is 8.43. The van der Waals surface area contributed by atoms with E-state index in [4.69, 9.17) is 23.8 Å². The van der Waals surface area contributed by atoms with E-state index in [0.29, 0.717) is 29.2 Å². The minimum absolute atomic E-state index is 0.0891. The van der Waals surface area contributed by atoms with Crippen molar-refractivity contribution >= 4 is 51.3 Å². The smallest absolute Gasteiger partial charge is 0.224 e. The number of aromatic nitrogens is 1. The van der Waals surface area contributed by atoms with Crippen LogP contribution in [0.25, 0.3) is 10.2 Å². The summed E-state index contributed by atoms with van der Waals surface area (Å²) in [5.74, 6) is 0.0874. The van der Waals surface area contributed by atoms with Crippen molar-refractivity contribution in [2.75, 3.05) is 13.6 Å². The van der Waals surface area contributed by atoms with Gasteiger partial charge in [0.1, 0.15) is 10.6 Å². The number of nitrogens with zero attached hydrogens (tertiary/aromatic N) is 2. The van der Waals surface area contributed by atoms with Gasteiger partial charge < -0.3 is 20.1 Å². The fourth-order valence-corrected chi connectivity index (χ4v) is 5.70. The lowest BCUT2D eigenvalue weighted by molar-refractivity contribution is -0.120.